The van der Waals surface area contributed by atoms with E-state index in [0.717, 1.165) is 24.4 Å². The Morgan fingerprint density at radius 2 is 1.54 bits per heavy atom. The predicted octanol–water partition coefficient (Wildman–Crippen LogP) is 4.65. The third-order valence-electron chi connectivity index (χ3n) is 6.17. The fourth-order valence-corrected chi connectivity index (χ4v) is 5.12. The van der Waals surface area contributed by atoms with Crippen molar-refractivity contribution in [3.05, 3.63) is 101 Å². The minimum atomic E-state index is -0.293. The molecule has 172 valence electrons. The van der Waals surface area contributed by atoms with Crippen molar-refractivity contribution in [2.24, 2.45) is 0 Å². The van der Waals surface area contributed by atoms with Crippen molar-refractivity contribution < 1.29 is 14.4 Å². The number of fused-ring (bicyclic) bond motifs is 2. The number of hydrogen-bond acceptors (Lipinski definition) is 6. The number of anilines is 1. The number of carbonyl (C=O) groups excluding carboxylic acids is 3. The highest BCUT2D eigenvalue weighted by Crippen LogP contribution is 2.41. The van der Waals surface area contributed by atoms with Crippen LogP contribution in [0.15, 0.2) is 78.0 Å². The van der Waals surface area contributed by atoms with E-state index in [4.69, 9.17) is 0 Å². The second-order valence-corrected chi connectivity index (χ2v) is 9.50. The van der Waals surface area contributed by atoms with Gasteiger partial charge in [0, 0.05) is 28.3 Å². The summed E-state index contributed by atoms with van der Waals surface area (Å²) in [7, 11) is 0. The predicted molar refractivity (Wildman–Crippen MR) is 132 cm³/mol. The zero-order chi connectivity index (χ0) is 23.9. The van der Waals surface area contributed by atoms with Crippen LogP contribution in [0, 0.1) is 0 Å². The van der Waals surface area contributed by atoms with Gasteiger partial charge in [-0.1, -0.05) is 66.4 Å². The zero-order valence-electron chi connectivity index (χ0n) is 18.6. The number of nitrogens with zero attached hydrogens (tertiary/aromatic N) is 3. The summed E-state index contributed by atoms with van der Waals surface area (Å²) in [6.07, 6.45) is 2.18. The summed E-state index contributed by atoms with van der Waals surface area (Å²) in [6.45, 7) is 0. The molecule has 3 aromatic carbocycles. The fraction of sp³-hybridized carbons (Fsp3) is 0.148. The number of benzene rings is 3. The molecule has 1 heterocycles. The Morgan fingerprint density at radius 3 is 2.29 bits per heavy atom. The molecule has 1 amide bonds. The number of aromatic nitrogens is 3. The van der Waals surface area contributed by atoms with E-state index < -0.39 is 0 Å². The first kappa shape index (κ1) is 21.5. The van der Waals surface area contributed by atoms with E-state index in [9.17, 15) is 14.4 Å². The molecule has 8 heteroatoms. The van der Waals surface area contributed by atoms with Crippen LogP contribution in [0.1, 0.15) is 56.4 Å². The van der Waals surface area contributed by atoms with Crippen LogP contribution in [0.3, 0.4) is 0 Å². The van der Waals surface area contributed by atoms with E-state index in [1.807, 2.05) is 34.9 Å². The van der Waals surface area contributed by atoms with Crippen LogP contribution in [0.5, 0.6) is 0 Å². The lowest BCUT2D eigenvalue weighted by Crippen LogP contribution is -2.24. The molecule has 0 bridgehead atoms. The van der Waals surface area contributed by atoms with Crippen molar-refractivity contribution in [2.45, 2.75) is 23.9 Å². The van der Waals surface area contributed by atoms with Crippen molar-refractivity contribution in [3.8, 4) is 5.69 Å². The second-order valence-electron chi connectivity index (χ2n) is 8.55. The number of nitrogens with one attached hydrogen (secondary N) is 1. The summed E-state index contributed by atoms with van der Waals surface area (Å²) in [6, 6.07) is 21.6. The smallest absolute Gasteiger partial charge is 0.234 e. The lowest BCUT2D eigenvalue weighted by atomic mass is 9.83. The highest BCUT2D eigenvalue weighted by molar-refractivity contribution is 7.99. The van der Waals surface area contributed by atoms with Gasteiger partial charge >= 0.3 is 0 Å². The molecule has 0 atom stereocenters. The molecule has 7 nitrogen and oxygen atoms in total. The molecule has 6 rings (SSSR count). The molecule has 2 aliphatic carbocycles. The Bertz CT molecular complexity index is 1490. The van der Waals surface area contributed by atoms with Gasteiger partial charge in [0.1, 0.15) is 5.82 Å². The number of ketones is 2. The molecule has 1 aromatic heterocycles. The summed E-state index contributed by atoms with van der Waals surface area (Å²) in [4.78, 5) is 39.0. The van der Waals surface area contributed by atoms with Crippen LogP contribution in [-0.2, 0) is 4.79 Å². The summed E-state index contributed by atoms with van der Waals surface area (Å²) in [5.41, 5.74) is 2.57. The Labute approximate surface area is 205 Å². The van der Waals surface area contributed by atoms with Crippen molar-refractivity contribution in [1.82, 2.24) is 14.8 Å². The van der Waals surface area contributed by atoms with E-state index >= 15 is 0 Å². The van der Waals surface area contributed by atoms with Gasteiger partial charge in [-0.2, -0.15) is 0 Å². The van der Waals surface area contributed by atoms with Gasteiger partial charge in [-0.15, -0.1) is 10.2 Å². The summed E-state index contributed by atoms with van der Waals surface area (Å²) >= 11 is 1.29. The third-order valence-corrected chi connectivity index (χ3v) is 7.10. The monoisotopic (exact) mass is 480 g/mol. The fourth-order valence-electron chi connectivity index (χ4n) is 4.37. The number of amides is 1. The molecular formula is C27H20N4O3S. The van der Waals surface area contributed by atoms with Crippen LogP contribution >= 0.6 is 11.8 Å². The van der Waals surface area contributed by atoms with Gasteiger partial charge in [-0.05, 0) is 31.0 Å². The van der Waals surface area contributed by atoms with Crippen molar-refractivity contribution >= 4 is 34.9 Å². The van der Waals surface area contributed by atoms with Crippen molar-refractivity contribution in [2.75, 3.05) is 11.1 Å². The quantitative estimate of drug-likeness (QED) is 0.356. The molecule has 35 heavy (non-hydrogen) atoms. The molecule has 0 radical (unpaired) electrons. The van der Waals surface area contributed by atoms with Crippen molar-refractivity contribution in [1.29, 1.82) is 0 Å². The summed E-state index contributed by atoms with van der Waals surface area (Å²) < 4.78 is 2.01. The average Bonchev–Trinajstić information content (AvgIpc) is 3.65. The van der Waals surface area contributed by atoms with Gasteiger partial charge in [-0.3, -0.25) is 19.0 Å². The Hall–Kier alpha value is -4.04. The van der Waals surface area contributed by atoms with Gasteiger partial charge in [0.25, 0.3) is 0 Å². The van der Waals surface area contributed by atoms with Gasteiger partial charge in [-0.25, -0.2) is 0 Å². The number of hydrogen-bond donors (Lipinski definition) is 1. The maximum atomic E-state index is 13.2. The third kappa shape index (κ3) is 3.85. The molecule has 0 unspecified atom stereocenters. The molecule has 1 N–H and O–H groups in total. The van der Waals surface area contributed by atoms with Gasteiger partial charge < -0.3 is 5.32 Å². The second kappa shape index (κ2) is 8.63. The topological polar surface area (TPSA) is 93.9 Å². The summed E-state index contributed by atoms with van der Waals surface area (Å²) in [5, 5.41) is 12.2. The van der Waals surface area contributed by atoms with E-state index in [1.165, 1.54) is 11.8 Å². The lowest BCUT2D eigenvalue weighted by molar-refractivity contribution is -0.113. The highest BCUT2D eigenvalue weighted by Gasteiger charge is 2.33. The number of thioether (sulfide) groups is 1. The molecule has 2 aliphatic rings. The average molecular weight is 481 g/mol. The molecular weight excluding hydrogens is 460 g/mol. The highest BCUT2D eigenvalue weighted by atomic mass is 32.2. The molecule has 0 spiro atoms. The Balaban J connectivity index is 1.24. The minimum Gasteiger partial charge on any atom is -0.325 e. The normalized spacial score (nSPS) is 14.4. The largest absolute Gasteiger partial charge is 0.325 e. The SMILES string of the molecule is O=C(CSc1nnc(C2CC2)n1-c1ccccc1)Nc1cccc2c1C(=O)c1ccccc1C2=O. The van der Waals surface area contributed by atoms with Crippen molar-refractivity contribution in [3.63, 3.8) is 0 Å². The molecule has 0 saturated heterocycles. The first-order valence-electron chi connectivity index (χ1n) is 11.4. The van der Waals surface area contributed by atoms with Crippen LogP contribution in [-0.4, -0.2) is 38.0 Å². The maximum Gasteiger partial charge on any atom is 0.234 e. The molecule has 1 fully saturated rings. The number of carbonyl (C=O) groups is 3. The Morgan fingerprint density at radius 1 is 0.857 bits per heavy atom. The van der Waals surface area contributed by atoms with Gasteiger partial charge in [0.15, 0.2) is 16.7 Å². The number of rotatable bonds is 6. The van der Waals surface area contributed by atoms with Crippen LogP contribution < -0.4 is 5.32 Å². The van der Waals surface area contributed by atoms with Crippen LogP contribution in [0.4, 0.5) is 5.69 Å². The first-order valence-corrected chi connectivity index (χ1v) is 12.3. The zero-order valence-corrected chi connectivity index (χ0v) is 19.4. The maximum absolute atomic E-state index is 13.2. The first-order chi connectivity index (χ1) is 17.1. The van der Waals surface area contributed by atoms with E-state index in [-0.39, 0.29) is 28.8 Å². The standard InChI is InChI=1S/C27H20N4O3S/c32-22(15-35-27-30-29-26(16-13-14-16)31(27)17-7-2-1-3-8-17)28-21-12-6-11-20-23(21)25(34)19-10-5-4-9-18(19)24(20)33/h1-12,16H,13-15H2,(H,28,32). The molecule has 4 aromatic rings. The van der Waals surface area contributed by atoms with E-state index in [0.29, 0.717) is 33.5 Å². The minimum absolute atomic E-state index is 0.0814. The van der Waals surface area contributed by atoms with E-state index in [1.54, 1.807) is 42.5 Å². The van der Waals surface area contributed by atoms with Gasteiger partial charge in [0.05, 0.1) is 17.0 Å². The van der Waals surface area contributed by atoms with Crippen LogP contribution in [0.2, 0.25) is 0 Å². The summed E-state index contributed by atoms with van der Waals surface area (Å²) in [5.74, 6) is 0.615. The molecule has 1 saturated carbocycles. The lowest BCUT2D eigenvalue weighted by Gasteiger charge is -2.20. The van der Waals surface area contributed by atoms with Gasteiger partial charge in [0.2, 0.25) is 5.91 Å². The molecule has 0 aliphatic heterocycles. The van der Waals surface area contributed by atoms with E-state index in [2.05, 4.69) is 15.5 Å². The Kier molecular flexibility index (Phi) is 5.30. The van der Waals surface area contributed by atoms with Crippen LogP contribution in [0.25, 0.3) is 5.69 Å². The number of para-hydroxylation sites is 1.